The number of carbonyl (C=O) groups is 1. The Morgan fingerprint density at radius 2 is 2.00 bits per heavy atom. The molecule has 1 saturated heterocycles. The Morgan fingerprint density at radius 1 is 1.37 bits per heavy atom. The van der Waals surface area contributed by atoms with E-state index in [0.717, 1.165) is 0 Å². The van der Waals surface area contributed by atoms with Crippen LogP contribution in [0.4, 0.5) is 0 Å². The Morgan fingerprint density at radius 3 is 2.47 bits per heavy atom. The van der Waals surface area contributed by atoms with Gasteiger partial charge in [0.25, 0.3) is 0 Å². The second kappa shape index (κ2) is 5.28. The highest BCUT2D eigenvalue weighted by Gasteiger charge is 2.30. The zero-order valence-corrected chi connectivity index (χ0v) is 11.4. The van der Waals surface area contributed by atoms with Crippen LogP contribution in [0.15, 0.2) is 29.2 Å². The second-order valence-electron chi connectivity index (χ2n) is 4.43. The molecule has 6 nitrogen and oxygen atoms in total. The highest BCUT2D eigenvalue weighted by molar-refractivity contribution is 7.89. The van der Waals surface area contributed by atoms with Crippen molar-refractivity contribution in [2.24, 2.45) is 5.73 Å². The van der Waals surface area contributed by atoms with Crippen LogP contribution in [0, 0.1) is 0 Å². The lowest BCUT2D eigenvalue weighted by molar-refractivity contribution is 0.0600. The normalized spacial score (nSPS) is 20.4. The molecule has 1 unspecified atom stereocenters. The number of carbonyl (C=O) groups excluding carboxylic acids is 1. The number of rotatable bonds is 3. The Kier molecular flexibility index (Phi) is 3.88. The minimum Gasteiger partial charge on any atom is -0.465 e. The molecular formula is C12H16N2O4S. The van der Waals surface area contributed by atoms with Gasteiger partial charge in [0.05, 0.1) is 17.6 Å². The van der Waals surface area contributed by atoms with E-state index in [1.165, 1.54) is 35.7 Å². The summed E-state index contributed by atoms with van der Waals surface area (Å²) in [6.45, 7) is 0.767. The Hall–Kier alpha value is -1.44. The number of ether oxygens (including phenoxy) is 1. The van der Waals surface area contributed by atoms with E-state index in [1.807, 2.05) is 0 Å². The standard InChI is InChI=1S/C12H16N2O4S/c1-18-12(15)9-2-4-11(5-3-9)19(16,17)14-7-6-10(13)8-14/h2-5,10H,6-8,13H2,1H3. The Balaban J connectivity index is 2.24. The number of methoxy groups -OCH3 is 1. The fourth-order valence-corrected chi connectivity index (χ4v) is 3.51. The van der Waals surface area contributed by atoms with Crippen LogP contribution in [0.2, 0.25) is 0 Å². The molecule has 0 aromatic heterocycles. The van der Waals surface area contributed by atoms with Gasteiger partial charge in [-0.15, -0.1) is 0 Å². The van der Waals surface area contributed by atoms with Gasteiger partial charge in [0.1, 0.15) is 0 Å². The Labute approximate surface area is 112 Å². The summed E-state index contributed by atoms with van der Waals surface area (Å²) in [5.74, 6) is -0.493. The van der Waals surface area contributed by atoms with Crippen LogP contribution in [0.25, 0.3) is 0 Å². The largest absolute Gasteiger partial charge is 0.465 e. The summed E-state index contributed by atoms with van der Waals surface area (Å²) < 4.78 is 30.5. The smallest absolute Gasteiger partial charge is 0.337 e. The summed E-state index contributed by atoms with van der Waals surface area (Å²) in [6, 6.07) is 5.59. The molecule has 1 heterocycles. The van der Waals surface area contributed by atoms with Crippen molar-refractivity contribution in [1.29, 1.82) is 0 Å². The van der Waals surface area contributed by atoms with E-state index in [9.17, 15) is 13.2 Å². The van der Waals surface area contributed by atoms with Crippen LogP contribution in [0.1, 0.15) is 16.8 Å². The second-order valence-corrected chi connectivity index (χ2v) is 6.37. The molecule has 1 aliphatic rings. The molecule has 2 N–H and O–H groups in total. The highest BCUT2D eigenvalue weighted by atomic mass is 32.2. The number of nitrogens with two attached hydrogens (primary N) is 1. The van der Waals surface area contributed by atoms with E-state index in [4.69, 9.17) is 5.73 Å². The third-order valence-electron chi connectivity index (χ3n) is 3.10. The number of sulfonamides is 1. The van der Waals surface area contributed by atoms with Gasteiger partial charge in [-0.2, -0.15) is 4.31 Å². The molecule has 0 bridgehead atoms. The van der Waals surface area contributed by atoms with Gasteiger partial charge in [-0.05, 0) is 30.7 Å². The summed E-state index contributed by atoms with van der Waals surface area (Å²) in [4.78, 5) is 11.4. The lowest BCUT2D eigenvalue weighted by Gasteiger charge is -2.15. The lowest BCUT2D eigenvalue weighted by Crippen LogP contribution is -2.31. The fourth-order valence-electron chi connectivity index (χ4n) is 2.00. The van der Waals surface area contributed by atoms with Crippen molar-refractivity contribution in [2.45, 2.75) is 17.4 Å². The molecule has 1 aromatic carbocycles. The minimum atomic E-state index is -3.52. The van der Waals surface area contributed by atoms with E-state index in [1.54, 1.807) is 0 Å². The molecule has 0 radical (unpaired) electrons. The van der Waals surface area contributed by atoms with Crippen LogP contribution in [-0.4, -0.2) is 44.9 Å². The van der Waals surface area contributed by atoms with E-state index < -0.39 is 16.0 Å². The van der Waals surface area contributed by atoms with Gasteiger partial charge in [-0.25, -0.2) is 13.2 Å². The van der Waals surface area contributed by atoms with Gasteiger partial charge in [-0.3, -0.25) is 0 Å². The predicted octanol–water partition coefficient (Wildman–Crippen LogP) is 0.195. The molecule has 0 saturated carbocycles. The third-order valence-corrected chi connectivity index (χ3v) is 4.98. The quantitative estimate of drug-likeness (QED) is 0.801. The minimum absolute atomic E-state index is 0.107. The molecule has 0 amide bonds. The van der Waals surface area contributed by atoms with E-state index in [2.05, 4.69) is 4.74 Å². The summed E-state index contributed by atoms with van der Waals surface area (Å²) in [5.41, 5.74) is 6.03. The number of hydrogen-bond donors (Lipinski definition) is 1. The number of nitrogens with zero attached hydrogens (tertiary/aromatic N) is 1. The van der Waals surface area contributed by atoms with Crippen LogP contribution < -0.4 is 5.73 Å². The van der Waals surface area contributed by atoms with Gasteiger partial charge in [0.15, 0.2) is 0 Å². The fraction of sp³-hybridized carbons (Fsp3) is 0.417. The van der Waals surface area contributed by atoms with Crippen molar-refractivity contribution in [3.05, 3.63) is 29.8 Å². The third kappa shape index (κ3) is 2.78. The van der Waals surface area contributed by atoms with Crippen molar-refractivity contribution < 1.29 is 17.9 Å². The SMILES string of the molecule is COC(=O)c1ccc(S(=O)(=O)N2CCC(N)C2)cc1. The Bertz CT molecular complexity index is 568. The van der Waals surface area contributed by atoms with Crippen molar-refractivity contribution >= 4 is 16.0 Å². The maximum Gasteiger partial charge on any atom is 0.337 e. The maximum atomic E-state index is 12.3. The van der Waals surface area contributed by atoms with Crippen LogP contribution in [0.5, 0.6) is 0 Å². The average Bonchev–Trinajstić information content (AvgIpc) is 2.85. The monoisotopic (exact) mass is 284 g/mol. The maximum absolute atomic E-state index is 12.3. The molecule has 7 heteroatoms. The lowest BCUT2D eigenvalue weighted by atomic mass is 10.2. The van der Waals surface area contributed by atoms with Gasteiger partial charge >= 0.3 is 5.97 Å². The van der Waals surface area contributed by atoms with Gasteiger partial charge in [0.2, 0.25) is 10.0 Å². The highest BCUT2D eigenvalue weighted by Crippen LogP contribution is 2.20. The zero-order chi connectivity index (χ0) is 14.0. The summed E-state index contributed by atoms with van der Waals surface area (Å²) in [7, 11) is -2.24. The summed E-state index contributed by atoms with van der Waals surface area (Å²) in [5, 5.41) is 0. The van der Waals surface area contributed by atoms with Crippen molar-refractivity contribution in [1.82, 2.24) is 4.31 Å². The van der Waals surface area contributed by atoms with Gasteiger partial charge < -0.3 is 10.5 Å². The molecule has 104 valence electrons. The molecule has 1 aliphatic heterocycles. The zero-order valence-electron chi connectivity index (χ0n) is 10.6. The predicted molar refractivity (Wildman–Crippen MR) is 69.1 cm³/mol. The molecule has 1 aromatic rings. The number of esters is 1. The molecule has 19 heavy (non-hydrogen) atoms. The molecule has 2 rings (SSSR count). The molecule has 1 fully saturated rings. The van der Waals surface area contributed by atoms with Gasteiger partial charge in [0, 0.05) is 19.1 Å². The number of hydrogen-bond acceptors (Lipinski definition) is 5. The number of benzene rings is 1. The first-order chi connectivity index (χ1) is 8.95. The average molecular weight is 284 g/mol. The first kappa shape index (κ1) is 14.0. The summed E-state index contributed by atoms with van der Waals surface area (Å²) in [6.07, 6.45) is 0.666. The van der Waals surface area contributed by atoms with E-state index in [0.29, 0.717) is 25.1 Å². The molecular weight excluding hydrogens is 268 g/mol. The van der Waals surface area contributed by atoms with Crippen LogP contribution in [-0.2, 0) is 14.8 Å². The van der Waals surface area contributed by atoms with Crippen molar-refractivity contribution in [3.63, 3.8) is 0 Å². The molecule has 1 atom stereocenters. The van der Waals surface area contributed by atoms with Gasteiger partial charge in [-0.1, -0.05) is 0 Å². The summed E-state index contributed by atoms with van der Waals surface area (Å²) >= 11 is 0. The van der Waals surface area contributed by atoms with Crippen LogP contribution >= 0.6 is 0 Å². The molecule has 0 spiro atoms. The topological polar surface area (TPSA) is 89.7 Å². The van der Waals surface area contributed by atoms with E-state index in [-0.39, 0.29) is 10.9 Å². The molecule has 0 aliphatic carbocycles. The first-order valence-corrected chi connectivity index (χ1v) is 7.33. The first-order valence-electron chi connectivity index (χ1n) is 5.89. The van der Waals surface area contributed by atoms with Crippen molar-refractivity contribution in [2.75, 3.05) is 20.2 Å². The van der Waals surface area contributed by atoms with E-state index >= 15 is 0 Å². The van der Waals surface area contributed by atoms with Crippen LogP contribution in [0.3, 0.4) is 0 Å². The van der Waals surface area contributed by atoms with Crippen molar-refractivity contribution in [3.8, 4) is 0 Å².